The van der Waals surface area contributed by atoms with Gasteiger partial charge < -0.3 is 7.58 Å². The molecule has 3 rings (SSSR count). The van der Waals surface area contributed by atoms with E-state index >= 15 is 0 Å². The van der Waals surface area contributed by atoms with Gasteiger partial charge in [-0.1, -0.05) is 113 Å². The van der Waals surface area contributed by atoms with Crippen LogP contribution >= 0.6 is 0 Å². The number of aliphatic imine (C=N–C) groups is 2. The van der Waals surface area contributed by atoms with Gasteiger partial charge in [-0.3, -0.25) is 9.98 Å². The quantitative estimate of drug-likeness (QED) is 0.339. The lowest BCUT2D eigenvalue weighted by atomic mass is 9.94. The lowest BCUT2D eigenvalue weighted by Crippen LogP contribution is -2.52. The first-order chi connectivity index (χ1) is 18.3. The van der Waals surface area contributed by atoms with E-state index in [0.717, 1.165) is 27.9 Å². The maximum absolute atomic E-state index is 7.10. The van der Waals surface area contributed by atoms with E-state index in [-0.39, 0.29) is 15.5 Å². The molecule has 218 valence electrons. The molecule has 0 bridgehead atoms. The van der Waals surface area contributed by atoms with Crippen LogP contribution in [0, 0.1) is 5.41 Å². The summed E-state index contributed by atoms with van der Waals surface area (Å²) in [7, 11) is -3.82. The fraction of sp³-hybridized carbons (Fsp3) is 0.576. The van der Waals surface area contributed by atoms with Gasteiger partial charge in [0.2, 0.25) is 0 Å². The Labute approximate surface area is 251 Å². The summed E-state index contributed by atoms with van der Waals surface area (Å²) in [6.07, 6.45) is 4.05. The van der Waals surface area contributed by atoms with Gasteiger partial charge in [-0.15, -0.1) is 0 Å². The van der Waals surface area contributed by atoms with Gasteiger partial charge >= 0.3 is 14.8 Å². The highest BCUT2D eigenvalue weighted by molar-refractivity contribution is 6.93. The van der Waals surface area contributed by atoms with E-state index in [2.05, 4.69) is 125 Å². The average Bonchev–Trinajstić information content (AvgIpc) is 2.82. The van der Waals surface area contributed by atoms with Gasteiger partial charge in [0.1, 0.15) is 0 Å². The van der Waals surface area contributed by atoms with E-state index in [4.69, 9.17) is 17.6 Å². The summed E-state index contributed by atoms with van der Waals surface area (Å²) >= 11 is -2.18. The molecule has 2 aromatic carbocycles. The molecule has 2 aromatic rings. The second kappa shape index (κ2) is 11.9. The smallest absolute Gasteiger partial charge is 0.611 e. The van der Waals surface area contributed by atoms with Crippen LogP contribution in [0.1, 0.15) is 73.4 Å². The van der Waals surface area contributed by atoms with Crippen LogP contribution in [0.5, 0.6) is 11.5 Å². The lowest BCUT2D eigenvalue weighted by Gasteiger charge is -2.40. The van der Waals surface area contributed by atoms with Crippen LogP contribution < -0.4 is 18.0 Å². The molecule has 0 unspecified atom stereocenters. The second-order valence-electron chi connectivity index (χ2n) is 15.4. The van der Waals surface area contributed by atoms with Crippen LogP contribution in [-0.4, -0.2) is 56.5 Å². The van der Waals surface area contributed by atoms with Crippen molar-refractivity contribution in [2.75, 3.05) is 13.1 Å². The Kier molecular flexibility index (Phi) is 9.79. The number of nitrogens with zero attached hydrogens (tertiary/aromatic N) is 2. The molecule has 7 heteroatoms. The summed E-state index contributed by atoms with van der Waals surface area (Å²) in [6.45, 7) is 32.1. The third-order valence-corrected chi connectivity index (χ3v) is 22.2. The Morgan fingerprint density at radius 1 is 0.725 bits per heavy atom. The molecule has 0 saturated heterocycles. The second-order valence-corrected chi connectivity index (χ2v) is 28.1. The van der Waals surface area contributed by atoms with E-state index in [0.29, 0.717) is 13.1 Å². The van der Waals surface area contributed by atoms with Crippen molar-refractivity contribution in [2.24, 2.45) is 15.4 Å². The van der Waals surface area contributed by atoms with E-state index in [9.17, 15) is 0 Å². The Hall–Kier alpha value is -1.65. The monoisotopic (exact) mass is 592 g/mol. The van der Waals surface area contributed by atoms with Crippen LogP contribution in [0.4, 0.5) is 0 Å². The minimum Gasteiger partial charge on any atom is -0.611 e. The number of benzene rings is 2. The van der Waals surface area contributed by atoms with E-state index in [1.807, 2.05) is 12.4 Å². The molecule has 0 amide bonds. The molecule has 0 N–H and O–H groups in total. The maximum Gasteiger partial charge on any atom is 0.856 e. The molecule has 0 fully saturated rings. The van der Waals surface area contributed by atoms with E-state index in [1.54, 1.807) is 0 Å². The summed E-state index contributed by atoms with van der Waals surface area (Å²) in [6, 6.07) is 13.2. The molecule has 0 aromatic heterocycles. The molecule has 0 atom stereocenters. The zero-order valence-electron chi connectivity index (χ0n) is 27.5. The number of hydrogen-bond acceptors (Lipinski definition) is 4. The zero-order chi connectivity index (χ0) is 30.1. The fourth-order valence-corrected chi connectivity index (χ4v) is 10.5. The van der Waals surface area contributed by atoms with Gasteiger partial charge in [0.15, 0.2) is 0 Å². The molecular weight excluding hydrogens is 540 g/mol. The Balaban J connectivity index is 2.28. The molecule has 0 spiro atoms. The van der Waals surface area contributed by atoms with Crippen molar-refractivity contribution >= 4 is 53.8 Å². The van der Waals surface area contributed by atoms with Crippen molar-refractivity contribution in [3.05, 3.63) is 47.5 Å². The van der Waals surface area contributed by atoms with Gasteiger partial charge in [-0.2, -0.15) is 0 Å². The first kappa shape index (κ1) is 32.9. The predicted octanol–water partition coefficient (Wildman–Crippen LogP) is 7.96. The molecular formula is C33H53AlN2O2Si2. The maximum atomic E-state index is 7.10. The third-order valence-electron chi connectivity index (χ3n) is 9.52. The SMILES string of the molecule is C[CH2][Al]1[O]c2c(cccc2[Si](C)(C)C(C)(C)C)C=NCC(C)(C)CN=Cc2cccc([Si](C)(C)C(C)(C)C)c2[O]1. The summed E-state index contributed by atoms with van der Waals surface area (Å²) in [5.74, 6) is 1.98. The van der Waals surface area contributed by atoms with Crippen LogP contribution in [-0.2, 0) is 0 Å². The topological polar surface area (TPSA) is 43.2 Å². The number of fused-ring (bicyclic) bond motifs is 2. The summed E-state index contributed by atoms with van der Waals surface area (Å²) in [4.78, 5) is 9.85. The molecule has 4 nitrogen and oxygen atoms in total. The van der Waals surface area contributed by atoms with E-state index < -0.39 is 31.0 Å². The highest BCUT2D eigenvalue weighted by Gasteiger charge is 2.43. The van der Waals surface area contributed by atoms with Crippen molar-refractivity contribution in [1.29, 1.82) is 0 Å². The number of hydrogen-bond donors (Lipinski definition) is 0. The van der Waals surface area contributed by atoms with Crippen molar-refractivity contribution in [3.8, 4) is 11.5 Å². The predicted molar refractivity (Wildman–Crippen MR) is 183 cm³/mol. The standard InChI is InChI=1S/C31H50N2O2Si2.C2H5.Al/c1-29(2,3)36(9,10)25-17-13-15-23(27(25)34)19-32-21-31(7,8)22-33-20-24-16-14-18-26(28(24)35)37(11,12)30(4,5)6;1-2;/h13-20,34-35H,21-22H2,1-12H3;1H2,2H3;/q;;+2/p-2. The molecule has 0 radical (unpaired) electrons. The molecule has 0 saturated carbocycles. The lowest BCUT2D eigenvalue weighted by molar-refractivity contribution is 0.396. The number of rotatable bonds is 3. The zero-order valence-corrected chi connectivity index (χ0v) is 30.7. The van der Waals surface area contributed by atoms with Crippen molar-refractivity contribution in [3.63, 3.8) is 0 Å². The summed E-state index contributed by atoms with van der Waals surface area (Å²) in [5, 5.41) is 3.91. The Bertz CT molecular complexity index is 1160. The molecule has 40 heavy (non-hydrogen) atoms. The van der Waals surface area contributed by atoms with Crippen LogP contribution in [0.2, 0.25) is 41.5 Å². The summed E-state index contributed by atoms with van der Waals surface area (Å²) in [5.41, 5.74) is 2.06. The van der Waals surface area contributed by atoms with Gasteiger partial charge in [0, 0.05) is 42.1 Å². The Morgan fingerprint density at radius 2 is 1.10 bits per heavy atom. The van der Waals surface area contributed by atoms with E-state index in [1.165, 1.54) is 10.4 Å². The minimum absolute atomic E-state index is 0.0616. The Morgan fingerprint density at radius 3 is 1.43 bits per heavy atom. The van der Waals surface area contributed by atoms with Crippen molar-refractivity contribution in [1.82, 2.24) is 0 Å². The van der Waals surface area contributed by atoms with Gasteiger partial charge in [-0.25, -0.2) is 0 Å². The van der Waals surface area contributed by atoms with Crippen molar-refractivity contribution in [2.45, 2.75) is 104 Å². The average molecular weight is 593 g/mol. The molecule has 1 aliphatic heterocycles. The third kappa shape index (κ3) is 7.03. The molecule has 1 heterocycles. The van der Waals surface area contributed by atoms with Crippen LogP contribution in [0.25, 0.3) is 0 Å². The van der Waals surface area contributed by atoms with Crippen molar-refractivity contribution < 1.29 is 7.58 Å². The minimum atomic E-state index is -2.18. The first-order valence-electron chi connectivity index (χ1n) is 14.9. The molecule has 1 aliphatic rings. The highest BCUT2D eigenvalue weighted by Crippen LogP contribution is 2.40. The van der Waals surface area contributed by atoms with Crippen LogP contribution in [0.15, 0.2) is 46.4 Å². The summed E-state index contributed by atoms with van der Waals surface area (Å²) < 4.78 is 14.2. The van der Waals surface area contributed by atoms with Gasteiger partial charge in [0.05, 0.1) is 27.6 Å². The molecule has 0 aliphatic carbocycles. The largest absolute Gasteiger partial charge is 0.856 e. The number of para-hydroxylation sites is 2. The van der Waals surface area contributed by atoms with Gasteiger partial charge in [-0.05, 0) is 37.9 Å². The van der Waals surface area contributed by atoms with Gasteiger partial charge in [0.25, 0.3) is 0 Å². The fourth-order valence-electron chi connectivity index (χ4n) is 4.65. The normalized spacial score (nSPS) is 16.9. The van der Waals surface area contributed by atoms with Crippen LogP contribution in [0.3, 0.4) is 0 Å². The first-order valence-corrected chi connectivity index (χ1v) is 22.7. The highest BCUT2D eigenvalue weighted by atomic mass is 28.3.